The minimum Gasteiger partial charge on any atom is -0.489 e. The van der Waals surface area contributed by atoms with Gasteiger partial charge in [-0.3, -0.25) is 4.79 Å². The number of rotatable bonds is 5. The summed E-state index contributed by atoms with van der Waals surface area (Å²) in [5, 5.41) is 15.2. The minimum absolute atomic E-state index is 0.178. The highest BCUT2D eigenvalue weighted by Crippen LogP contribution is 2.19. The van der Waals surface area contributed by atoms with Gasteiger partial charge in [0, 0.05) is 18.3 Å². The lowest BCUT2D eigenvalue weighted by Gasteiger charge is -2.12. The van der Waals surface area contributed by atoms with Gasteiger partial charge in [-0.05, 0) is 36.2 Å². The maximum Gasteiger partial charge on any atom is 0.241 e. The van der Waals surface area contributed by atoms with Gasteiger partial charge in [0.2, 0.25) is 5.91 Å². The number of anilines is 1. The zero-order chi connectivity index (χ0) is 16.9. The lowest BCUT2D eigenvalue weighted by molar-refractivity contribution is -0.117. The molecule has 0 aliphatic carbocycles. The highest BCUT2D eigenvalue weighted by atomic mass is 19.1. The van der Waals surface area contributed by atoms with Crippen molar-refractivity contribution in [3.8, 4) is 5.75 Å². The maximum atomic E-state index is 12.9. The van der Waals surface area contributed by atoms with Crippen molar-refractivity contribution in [2.24, 2.45) is 0 Å². The Labute approximate surface area is 139 Å². The average molecular weight is 330 g/mol. The molecule has 1 saturated heterocycles. The first-order valence-corrected chi connectivity index (χ1v) is 7.80. The Morgan fingerprint density at radius 2 is 2.08 bits per heavy atom. The molecule has 1 fully saturated rings. The van der Waals surface area contributed by atoms with Crippen LogP contribution in [0.1, 0.15) is 12.0 Å². The summed E-state index contributed by atoms with van der Waals surface area (Å²) in [6.45, 7) is 0.743. The van der Waals surface area contributed by atoms with Gasteiger partial charge in [0.15, 0.2) is 0 Å². The summed E-state index contributed by atoms with van der Waals surface area (Å²) in [5.41, 5.74) is 1.48. The predicted octanol–water partition coefficient (Wildman–Crippen LogP) is 2.07. The number of ether oxygens (including phenoxy) is 1. The van der Waals surface area contributed by atoms with Crippen LogP contribution in [0, 0.1) is 5.82 Å². The number of β-amino-alcohol motifs (C(OH)–C–C–N with tert-alkyl or cyclic N) is 1. The fourth-order valence-electron chi connectivity index (χ4n) is 2.56. The SMILES string of the molecule is O=C(Nc1cccc(OCc2ccc(F)cc2)c1)C1CC(O)CN1. The van der Waals surface area contributed by atoms with Crippen LogP contribution in [0.25, 0.3) is 0 Å². The van der Waals surface area contributed by atoms with E-state index < -0.39 is 6.10 Å². The van der Waals surface area contributed by atoms with Gasteiger partial charge in [-0.2, -0.15) is 0 Å². The van der Waals surface area contributed by atoms with Gasteiger partial charge < -0.3 is 20.5 Å². The molecule has 3 rings (SSSR count). The van der Waals surface area contributed by atoms with E-state index in [-0.39, 0.29) is 17.8 Å². The third-order valence-electron chi connectivity index (χ3n) is 3.84. The number of amides is 1. The van der Waals surface area contributed by atoms with Gasteiger partial charge >= 0.3 is 0 Å². The zero-order valence-corrected chi connectivity index (χ0v) is 13.0. The molecular weight excluding hydrogens is 311 g/mol. The molecule has 0 saturated carbocycles. The van der Waals surface area contributed by atoms with Crippen molar-refractivity contribution in [2.75, 3.05) is 11.9 Å². The molecule has 5 nitrogen and oxygen atoms in total. The number of carbonyl (C=O) groups is 1. The lowest BCUT2D eigenvalue weighted by Crippen LogP contribution is -2.35. The summed E-state index contributed by atoms with van der Waals surface area (Å²) in [6, 6.07) is 12.8. The fourth-order valence-corrected chi connectivity index (χ4v) is 2.56. The molecule has 126 valence electrons. The molecule has 6 heteroatoms. The van der Waals surface area contributed by atoms with E-state index in [1.807, 2.05) is 0 Å². The molecule has 2 aromatic rings. The van der Waals surface area contributed by atoms with Gasteiger partial charge in [-0.25, -0.2) is 4.39 Å². The first kappa shape index (κ1) is 16.4. The highest BCUT2D eigenvalue weighted by molar-refractivity contribution is 5.95. The summed E-state index contributed by atoms with van der Waals surface area (Å²) in [4.78, 5) is 12.1. The van der Waals surface area contributed by atoms with Crippen LogP contribution in [0.2, 0.25) is 0 Å². The third-order valence-corrected chi connectivity index (χ3v) is 3.84. The average Bonchev–Trinajstić information content (AvgIpc) is 3.01. The molecule has 1 aliphatic heterocycles. The molecule has 2 aromatic carbocycles. The van der Waals surface area contributed by atoms with Crippen molar-refractivity contribution in [1.29, 1.82) is 0 Å². The van der Waals surface area contributed by atoms with Crippen LogP contribution in [-0.4, -0.2) is 29.7 Å². The van der Waals surface area contributed by atoms with Gasteiger partial charge in [0.05, 0.1) is 12.1 Å². The van der Waals surface area contributed by atoms with Crippen LogP contribution >= 0.6 is 0 Å². The summed E-state index contributed by atoms with van der Waals surface area (Å²) in [5.74, 6) is 0.146. The van der Waals surface area contributed by atoms with E-state index in [1.54, 1.807) is 36.4 Å². The Bertz CT molecular complexity index is 706. The van der Waals surface area contributed by atoms with Crippen molar-refractivity contribution in [3.05, 3.63) is 59.9 Å². The van der Waals surface area contributed by atoms with Crippen LogP contribution in [0.5, 0.6) is 5.75 Å². The summed E-state index contributed by atoms with van der Waals surface area (Å²) >= 11 is 0. The van der Waals surface area contributed by atoms with E-state index >= 15 is 0 Å². The number of hydrogen-bond donors (Lipinski definition) is 3. The number of carbonyl (C=O) groups excluding carboxylic acids is 1. The van der Waals surface area contributed by atoms with Crippen LogP contribution in [0.4, 0.5) is 10.1 Å². The third kappa shape index (κ3) is 4.31. The number of halogens is 1. The Balaban J connectivity index is 1.57. The molecule has 1 aliphatic rings. The maximum absolute atomic E-state index is 12.9. The molecular formula is C18H19FN2O3. The second kappa shape index (κ2) is 7.42. The number of aliphatic hydroxyl groups is 1. The van der Waals surface area contributed by atoms with E-state index in [2.05, 4.69) is 10.6 Å². The van der Waals surface area contributed by atoms with Gasteiger partial charge in [-0.15, -0.1) is 0 Å². The molecule has 2 unspecified atom stereocenters. The van der Waals surface area contributed by atoms with Crippen molar-refractivity contribution < 1.29 is 19.0 Å². The van der Waals surface area contributed by atoms with Gasteiger partial charge in [0.25, 0.3) is 0 Å². The molecule has 0 bridgehead atoms. The largest absolute Gasteiger partial charge is 0.489 e. The van der Waals surface area contributed by atoms with E-state index in [0.29, 0.717) is 31.0 Å². The molecule has 3 N–H and O–H groups in total. The Morgan fingerprint density at radius 1 is 1.29 bits per heavy atom. The number of nitrogens with one attached hydrogen (secondary N) is 2. The molecule has 1 heterocycles. The van der Waals surface area contributed by atoms with Crippen molar-refractivity contribution in [1.82, 2.24) is 5.32 Å². The monoisotopic (exact) mass is 330 g/mol. The number of hydrogen-bond acceptors (Lipinski definition) is 4. The Hall–Kier alpha value is -2.44. The van der Waals surface area contributed by atoms with E-state index in [0.717, 1.165) is 5.56 Å². The summed E-state index contributed by atoms with van der Waals surface area (Å²) in [7, 11) is 0. The first-order chi connectivity index (χ1) is 11.6. The number of aliphatic hydroxyl groups excluding tert-OH is 1. The van der Waals surface area contributed by atoms with Crippen LogP contribution in [-0.2, 0) is 11.4 Å². The van der Waals surface area contributed by atoms with E-state index in [4.69, 9.17) is 4.74 Å². The van der Waals surface area contributed by atoms with Crippen LogP contribution in [0.15, 0.2) is 48.5 Å². The summed E-state index contributed by atoms with van der Waals surface area (Å²) in [6.07, 6.45) is -0.0711. The van der Waals surface area contributed by atoms with Gasteiger partial charge in [0.1, 0.15) is 18.2 Å². The molecule has 0 aromatic heterocycles. The van der Waals surface area contributed by atoms with Crippen molar-refractivity contribution in [3.63, 3.8) is 0 Å². The molecule has 2 atom stereocenters. The lowest BCUT2D eigenvalue weighted by atomic mass is 10.2. The molecule has 24 heavy (non-hydrogen) atoms. The van der Waals surface area contributed by atoms with Crippen molar-refractivity contribution >= 4 is 11.6 Å². The smallest absolute Gasteiger partial charge is 0.241 e. The standard InChI is InChI=1S/C18H19FN2O3/c19-13-6-4-12(5-7-13)11-24-16-3-1-2-14(8-16)21-18(23)17-9-15(22)10-20-17/h1-8,15,17,20,22H,9-11H2,(H,21,23). The minimum atomic E-state index is -0.480. The van der Waals surface area contributed by atoms with Crippen LogP contribution in [0.3, 0.4) is 0 Å². The predicted molar refractivity (Wildman–Crippen MR) is 88.2 cm³/mol. The highest BCUT2D eigenvalue weighted by Gasteiger charge is 2.27. The fraction of sp³-hybridized carbons (Fsp3) is 0.278. The summed E-state index contributed by atoms with van der Waals surface area (Å²) < 4.78 is 18.5. The van der Waals surface area contributed by atoms with Gasteiger partial charge in [-0.1, -0.05) is 18.2 Å². The van der Waals surface area contributed by atoms with Crippen molar-refractivity contribution in [2.45, 2.75) is 25.2 Å². The quantitative estimate of drug-likeness (QED) is 0.785. The zero-order valence-electron chi connectivity index (χ0n) is 13.0. The van der Waals surface area contributed by atoms with E-state index in [9.17, 15) is 14.3 Å². The number of benzene rings is 2. The normalized spacial score (nSPS) is 19.9. The Kier molecular flexibility index (Phi) is 5.08. The first-order valence-electron chi connectivity index (χ1n) is 7.80. The topological polar surface area (TPSA) is 70.6 Å². The molecule has 0 spiro atoms. The van der Waals surface area contributed by atoms with Crippen LogP contribution < -0.4 is 15.4 Å². The van der Waals surface area contributed by atoms with E-state index in [1.165, 1.54) is 12.1 Å². The molecule has 1 amide bonds. The second-order valence-corrected chi connectivity index (χ2v) is 5.78. The second-order valence-electron chi connectivity index (χ2n) is 5.78. The Morgan fingerprint density at radius 3 is 2.79 bits per heavy atom. The molecule has 0 radical (unpaired) electrons.